The first-order valence-electron chi connectivity index (χ1n) is 7.67. The Balaban J connectivity index is 1.86. The van der Waals surface area contributed by atoms with Crippen molar-refractivity contribution in [1.29, 1.82) is 0 Å². The van der Waals surface area contributed by atoms with Crippen molar-refractivity contribution in [3.8, 4) is 0 Å². The van der Waals surface area contributed by atoms with Crippen molar-refractivity contribution in [2.75, 3.05) is 0 Å². The molecule has 1 aromatic heterocycles. The predicted octanol–water partition coefficient (Wildman–Crippen LogP) is 3.33. The summed E-state index contributed by atoms with van der Waals surface area (Å²) in [5, 5.41) is 3.98. The van der Waals surface area contributed by atoms with Gasteiger partial charge in [-0.2, -0.15) is 0 Å². The standard InChI is InChI=1S/C17H21FN2O/c1-3-10(2)19-17(21)11-4-6-15-13(8-11)14-9-12(18)5-7-16(14)20-15/h5,7,9-11,20H,3-4,6,8H2,1-2H3,(H,19,21). The van der Waals surface area contributed by atoms with Gasteiger partial charge in [-0.3, -0.25) is 4.79 Å². The minimum atomic E-state index is -0.226. The summed E-state index contributed by atoms with van der Waals surface area (Å²) in [5.41, 5.74) is 3.23. The van der Waals surface area contributed by atoms with Gasteiger partial charge in [-0.15, -0.1) is 0 Å². The molecule has 0 radical (unpaired) electrons. The second kappa shape index (κ2) is 5.51. The maximum Gasteiger partial charge on any atom is 0.223 e. The first-order valence-corrected chi connectivity index (χ1v) is 7.67. The van der Waals surface area contributed by atoms with Crippen LogP contribution in [0.4, 0.5) is 4.39 Å². The van der Waals surface area contributed by atoms with Crippen LogP contribution in [-0.2, 0) is 17.6 Å². The second-order valence-corrected chi connectivity index (χ2v) is 6.03. The van der Waals surface area contributed by atoms with E-state index >= 15 is 0 Å². The van der Waals surface area contributed by atoms with E-state index in [2.05, 4.69) is 17.2 Å². The molecule has 0 aliphatic heterocycles. The van der Waals surface area contributed by atoms with Crippen molar-refractivity contribution in [1.82, 2.24) is 10.3 Å². The van der Waals surface area contributed by atoms with E-state index in [4.69, 9.17) is 0 Å². The Labute approximate surface area is 123 Å². The molecule has 112 valence electrons. The van der Waals surface area contributed by atoms with Crippen LogP contribution in [0.1, 0.15) is 37.9 Å². The number of carbonyl (C=O) groups is 1. The Morgan fingerprint density at radius 1 is 1.52 bits per heavy atom. The minimum Gasteiger partial charge on any atom is -0.358 e. The third-order valence-electron chi connectivity index (χ3n) is 4.52. The molecular weight excluding hydrogens is 267 g/mol. The third kappa shape index (κ3) is 2.67. The number of amides is 1. The van der Waals surface area contributed by atoms with Crippen molar-refractivity contribution in [2.24, 2.45) is 5.92 Å². The molecule has 3 nitrogen and oxygen atoms in total. The molecule has 2 N–H and O–H groups in total. The fourth-order valence-corrected chi connectivity index (χ4v) is 3.08. The number of hydrogen-bond acceptors (Lipinski definition) is 1. The van der Waals surface area contributed by atoms with E-state index in [9.17, 15) is 9.18 Å². The molecule has 1 aromatic carbocycles. The molecule has 21 heavy (non-hydrogen) atoms. The average molecular weight is 288 g/mol. The van der Waals surface area contributed by atoms with Crippen LogP contribution >= 0.6 is 0 Å². The first-order chi connectivity index (χ1) is 10.1. The van der Waals surface area contributed by atoms with Crippen LogP contribution in [0, 0.1) is 11.7 Å². The van der Waals surface area contributed by atoms with Gasteiger partial charge < -0.3 is 10.3 Å². The number of rotatable bonds is 3. The highest BCUT2D eigenvalue weighted by molar-refractivity contribution is 5.87. The smallest absolute Gasteiger partial charge is 0.223 e. The summed E-state index contributed by atoms with van der Waals surface area (Å²) in [6, 6.07) is 5.02. The largest absolute Gasteiger partial charge is 0.358 e. The zero-order valence-corrected chi connectivity index (χ0v) is 12.5. The van der Waals surface area contributed by atoms with E-state index in [0.717, 1.165) is 41.4 Å². The molecule has 0 bridgehead atoms. The molecule has 1 aliphatic rings. The van der Waals surface area contributed by atoms with Crippen molar-refractivity contribution in [3.05, 3.63) is 35.3 Å². The van der Waals surface area contributed by atoms with Gasteiger partial charge in [-0.25, -0.2) is 4.39 Å². The molecule has 0 saturated carbocycles. The summed E-state index contributed by atoms with van der Waals surface area (Å²) in [7, 11) is 0. The molecule has 2 atom stereocenters. The lowest BCUT2D eigenvalue weighted by Crippen LogP contribution is -2.38. The highest BCUT2D eigenvalue weighted by Crippen LogP contribution is 2.32. The summed E-state index contributed by atoms with van der Waals surface area (Å²) >= 11 is 0. The Morgan fingerprint density at radius 3 is 3.10 bits per heavy atom. The second-order valence-electron chi connectivity index (χ2n) is 6.03. The van der Waals surface area contributed by atoms with Crippen LogP contribution < -0.4 is 5.32 Å². The maximum absolute atomic E-state index is 13.5. The maximum atomic E-state index is 13.5. The van der Waals surface area contributed by atoms with E-state index in [0.29, 0.717) is 6.42 Å². The van der Waals surface area contributed by atoms with Crippen LogP contribution in [0.3, 0.4) is 0 Å². The zero-order chi connectivity index (χ0) is 15.0. The van der Waals surface area contributed by atoms with Crippen molar-refractivity contribution >= 4 is 16.8 Å². The molecule has 1 aliphatic carbocycles. The van der Waals surface area contributed by atoms with Crippen LogP contribution in [0.15, 0.2) is 18.2 Å². The number of hydrogen-bond donors (Lipinski definition) is 2. The van der Waals surface area contributed by atoms with Gasteiger partial charge in [0.25, 0.3) is 0 Å². The monoisotopic (exact) mass is 288 g/mol. The van der Waals surface area contributed by atoms with E-state index in [1.165, 1.54) is 6.07 Å². The quantitative estimate of drug-likeness (QED) is 0.894. The summed E-state index contributed by atoms with van der Waals surface area (Å²) in [4.78, 5) is 15.7. The number of halogens is 1. The topological polar surface area (TPSA) is 44.9 Å². The summed E-state index contributed by atoms with van der Waals surface area (Å²) in [6.45, 7) is 4.08. The van der Waals surface area contributed by atoms with Crippen LogP contribution in [-0.4, -0.2) is 16.9 Å². The number of fused-ring (bicyclic) bond motifs is 3. The van der Waals surface area contributed by atoms with E-state index < -0.39 is 0 Å². The van der Waals surface area contributed by atoms with Gasteiger partial charge >= 0.3 is 0 Å². The van der Waals surface area contributed by atoms with Gasteiger partial charge in [-0.1, -0.05) is 6.92 Å². The lowest BCUT2D eigenvalue weighted by atomic mass is 9.85. The number of benzene rings is 1. The van der Waals surface area contributed by atoms with Crippen LogP contribution in [0.2, 0.25) is 0 Å². The molecule has 0 saturated heterocycles. The number of aromatic nitrogens is 1. The fraction of sp³-hybridized carbons (Fsp3) is 0.471. The SMILES string of the molecule is CCC(C)NC(=O)C1CCc2[nH]c3ccc(F)cc3c2C1. The molecule has 2 aromatic rings. The Kier molecular flexibility index (Phi) is 3.70. The molecule has 2 unspecified atom stereocenters. The lowest BCUT2D eigenvalue weighted by Gasteiger charge is -2.23. The van der Waals surface area contributed by atoms with Crippen LogP contribution in [0.25, 0.3) is 10.9 Å². The average Bonchev–Trinajstić information content (AvgIpc) is 2.84. The molecular formula is C17H21FN2O. The van der Waals surface area contributed by atoms with E-state index in [-0.39, 0.29) is 23.7 Å². The van der Waals surface area contributed by atoms with Gasteiger partial charge in [0.2, 0.25) is 5.91 Å². The van der Waals surface area contributed by atoms with Crippen LogP contribution in [0.5, 0.6) is 0 Å². The van der Waals surface area contributed by atoms with E-state index in [1.807, 2.05) is 6.92 Å². The minimum absolute atomic E-state index is 0.00577. The van der Waals surface area contributed by atoms with E-state index in [1.54, 1.807) is 12.1 Å². The number of nitrogens with one attached hydrogen (secondary N) is 2. The van der Waals surface area contributed by atoms with Crippen molar-refractivity contribution in [2.45, 2.75) is 45.6 Å². The Hall–Kier alpha value is -1.84. The Morgan fingerprint density at radius 2 is 2.33 bits per heavy atom. The number of aromatic amines is 1. The highest BCUT2D eigenvalue weighted by Gasteiger charge is 2.27. The third-order valence-corrected chi connectivity index (χ3v) is 4.52. The van der Waals surface area contributed by atoms with Gasteiger partial charge in [0, 0.05) is 28.6 Å². The van der Waals surface area contributed by atoms with Gasteiger partial charge in [0.1, 0.15) is 5.82 Å². The lowest BCUT2D eigenvalue weighted by molar-refractivity contribution is -0.125. The Bertz CT molecular complexity index is 677. The zero-order valence-electron chi connectivity index (χ0n) is 12.5. The van der Waals surface area contributed by atoms with Gasteiger partial charge in [0.15, 0.2) is 0 Å². The predicted molar refractivity (Wildman–Crippen MR) is 81.7 cm³/mol. The van der Waals surface area contributed by atoms with Crippen molar-refractivity contribution < 1.29 is 9.18 Å². The molecule has 1 heterocycles. The molecule has 4 heteroatoms. The number of carbonyl (C=O) groups excluding carboxylic acids is 1. The van der Waals surface area contributed by atoms with Gasteiger partial charge in [-0.05, 0) is 56.4 Å². The highest BCUT2D eigenvalue weighted by atomic mass is 19.1. The van der Waals surface area contributed by atoms with Crippen molar-refractivity contribution in [3.63, 3.8) is 0 Å². The molecule has 1 amide bonds. The fourth-order valence-electron chi connectivity index (χ4n) is 3.08. The number of H-pyrrole nitrogens is 1. The molecule has 0 spiro atoms. The first kappa shape index (κ1) is 14.1. The summed E-state index contributed by atoms with van der Waals surface area (Å²) < 4.78 is 13.5. The molecule has 3 rings (SSSR count). The summed E-state index contributed by atoms with van der Waals surface area (Å²) in [5.74, 6) is -0.106. The molecule has 0 fully saturated rings. The summed E-state index contributed by atoms with van der Waals surface area (Å²) in [6.07, 6.45) is 3.33. The van der Waals surface area contributed by atoms with Gasteiger partial charge in [0.05, 0.1) is 0 Å². The normalized spacial score (nSPS) is 19.3. The number of aryl methyl sites for hydroxylation is 1.